The van der Waals surface area contributed by atoms with Crippen molar-refractivity contribution in [1.29, 1.82) is 0 Å². The summed E-state index contributed by atoms with van der Waals surface area (Å²) in [6.45, 7) is 1.84. The van der Waals surface area contributed by atoms with Crippen molar-refractivity contribution in [1.82, 2.24) is 9.97 Å². The zero-order valence-electron chi connectivity index (χ0n) is 16.6. The molecule has 0 radical (unpaired) electrons. The third-order valence-corrected chi connectivity index (χ3v) is 5.68. The highest BCUT2D eigenvalue weighted by Gasteiger charge is 2.34. The molecule has 0 fully saturated rings. The smallest absolute Gasteiger partial charge is 0.258 e. The van der Waals surface area contributed by atoms with Crippen molar-refractivity contribution in [2.45, 2.75) is 19.3 Å². The molecule has 3 aromatic rings. The highest BCUT2D eigenvalue weighted by Crippen LogP contribution is 2.31. The van der Waals surface area contributed by atoms with Gasteiger partial charge in [0.25, 0.3) is 5.56 Å². The van der Waals surface area contributed by atoms with Crippen LogP contribution in [0.4, 0.5) is 23.1 Å². The van der Waals surface area contributed by atoms with Gasteiger partial charge in [-0.05, 0) is 42.8 Å². The number of amides is 2. The summed E-state index contributed by atoms with van der Waals surface area (Å²) >= 11 is 18.1. The number of aromatic amines is 1. The molecule has 0 unspecified atom stereocenters. The molecule has 0 spiro atoms. The summed E-state index contributed by atoms with van der Waals surface area (Å²) in [7, 11) is 0. The number of carbonyl (C=O) groups is 2. The van der Waals surface area contributed by atoms with Gasteiger partial charge in [0.2, 0.25) is 17.8 Å². The largest absolute Gasteiger partial charge is 0.326 e. The van der Waals surface area contributed by atoms with Crippen molar-refractivity contribution < 1.29 is 9.59 Å². The van der Waals surface area contributed by atoms with Gasteiger partial charge >= 0.3 is 0 Å². The molecule has 8 nitrogen and oxygen atoms in total. The minimum atomic E-state index is -1.02. The van der Waals surface area contributed by atoms with E-state index in [2.05, 4.69) is 25.9 Å². The molecule has 4 N–H and O–H groups in total. The molecule has 0 aliphatic carbocycles. The van der Waals surface area contributed by atoms with Crippen LogP contribution < -0.4 is 21.5 Å². The van der Waals surface area contributed by atoms with Crippen molar-refractivity contribution in [2.75, 3.05) is 16.0 Å². The fourth-order valence-corrected chi connectivity index (χ4v) is 4.02. The molecule has 1 atom stereocenters. The Bertz CT molecular complexity index is 1290. The summed E-state index contributed by atoms with van der Waals surface area (Å²) in [5.41, 5.74) is 1.30. The summed E-state index contributed by atoms with van der Waals surface area (Å²) in [6.07, 6.45) is -0.195. The monoisotopic (exact) mass is 491 g/mol. The maximum absolute atomic E-state index is 12.9. The molecule has 0 bridgehead atoms. The number of rotatable bonds is 4. The molecule has 164 valence electrons. The fourth-order valence-electron chi connectivity index (χ4n) is 3.32. The van der Waals surface area contributed by atoms with Crippen LogP contribution in [0.1, 0.15) is 23.5 Å². The quantitative estimate of drug-likeness (QED) is 0.416. The van der Waals surface area contributed by atoms with E-state index in [0.717, 1.165) is 5.56 Å². The fraction of sp³-hybridized carbons (Fsp3) is 0.143. The SMILES string of the molecule is Cc1ccc(NC(=O)[C@H]2CC(=O)Nc3nc(Nc4cc(Cl)cc(Cl)c4)[nH]c(=O)c32)cc1Cl. The van der Waals surface area contributed by atoms with E-state index < -0.39 is 23.3 Å². The van der Waals surface area contributed by atoms with Crippen molar-refractivity contribution >= 4 is 69.8 Å². The second-order valence-corrected chi connectivity index (χ2v) is 8.50. The molecular formula is C21H16Cl3N5O3. The highest BCUT2D eigenvalue weighted by molar-refractivity contribution is 6.35. The molecular weight excluding hydrogens is 477 g/mol. The van der Waals surface area contributed by atoms with Gasteiger partial charge in [-0.3, -0.25) is 19.4 Å². The lowest BCUT2D eigenvalue weighted by Crippen LogP contribution is -2.36. The number of nitrogens with one attached hydrogen (secondary N) is 4. The van der Waals surface area contributed by atoms with Crippen molar-refractivity contribution in [3.05, 3.63) is 72.9 Å². The number of carbonyl (C=O) groups excluding carboxylic acids is 2. The number of aromatic nitrogens is 2. The first-order chi connectivity index (χ1) is 15.2. The Morgan fingerprint density at radius 3 is 2.47 bits per heavy atom. The normalized spacial score (nSPS) is 15.0. The van der Waals surface area contributed by atoms with Crippen LogP contribution in [0.5, 0.6) is 0 Å². The van der Waals surface area contributed by atoms with Gasteiger partial charge in [0.15, 0.2) is 0 Å². The van der Waals surface area contributed by atoms with Crippen molar-refractivity contribution in [2.24, 2.45) is 0 Å². The second-order valence-electron chi connectivity index (χ2n) is 7.22. The summed E-state index contributed by atoms with van der Waals surface area (Å²) < 4.78 is 0. The molecule has 0 saturated heterocycles. The first-order valence-electron chi connectivity index (χ1n) is 9.44. The number of aryl methyl sites for hydroxylation is 1. The van der Waals surface area contributed by atoms with E-state index >= 15 is 0 Å². The molecule has 11 heteroatoms. The summed E-state index contributed by atoms with van der Waals surface area (Å²) in [5, 5.41) is 9.41. The van der Waals surface area contributed by atoms with Crippen LogP contribution in [0.15, 0.2) is 41.2 Å². The Kier molecular flexibility index (Phi) is 6.10. The van der Waals surface area contributed by atoms with E-state index in [-0.39, 0.29) is 23.8 Å². The molecule has 2 heterocycles. The van der Waals surface area contributed by atoms with Crippen LogP contribution in [0.3, 0.4) is 0 Å². The van der Waals surface area contributed by atoms with E-state index in [4.69, 9.17) is 34.8 Å². The topological polar surface area (TPSA) is 116 Å². The minimum Gasteiger partial charge on any atom is -0.326 e. The predicted molar refractivity (Wildman–Crippen MR) is 125 cm³/mol. The third kappa shape index (κ3) is 4.72. The maximum atomic E-state index is 12.9. The Hall–Kier alpha value is -3.07. The van der Waals surface area contributed by atoms with Gasteiger partial charge in [-0.25, -0.2) is 0 Å². The number of hydrogen-bond donors (Lipinski definition) is 4. The number of benzene rings is 2. The number of anilines is 4. The van der Waals surface area contributed by atoms with Crippen LogP contribution in [0.25, 0.3) is 0 Å². The van der Waals surface area contributed by atoms with Crippen molar-refractivity contribution in [3.8, 4) is 0 Å². The zero-order chi connectivity index (χ0) is 23.0. The molecule has 1 aromatic heterocycles. The number of halogens is 3. The highest BCUT2D eigenvalue weighted by atomic mass is 35.5. The molecule has 1 aliphatic heterocycles. The van der Waals surface area contributed by atoms with Gasteiger partial charge in [-0.1, -0.05) is 40.9 Å². The van der Waals surface area contributed by atoms with Gasteiger partial charge in [0.1, 0.15) is 5.82 Å². The van der Waals surface area contributed by atoms with Gasteiger partial charge in [0.05, 0.1) is 11.5 Å². The lowest BCUT2D eigenvalue weighted by Gasteiger charge is -2.23. The summed E-state index contributed by atoms with van der Waals surface area (Å²) in [6, 6.07) is 9.79. The zero-order valence-corrected chi connectivity index (χ0v) is 18.8. The molecule has 1 aliphatic rings. The lowest BCUT2D eigenvalue weighted by molar-refractivity contribution is -0.123. The Morgan fingerprint density at radius 2 is 1.78 bits per heavy atom. The molecule has 32 heavy (non-hydrogen) atoms. The minimum absolute atomic E-state index is 0.00251. The average Bonchev–Trinajstić information content (AvgIpc) is 2.69. The van der Waals surface area contributed by atoms with Crippen LogP contribution in [0, 0.1) is 6.92 Å². The van der Waals surface area contributed by atoms with E-state index in [9.17, 15) is 14.4 Å². The molecule has 4 rings (SSSR count). The maximum Gasteiger partial charge on any atom is 0.258 e. The third-order valence-electron chi connectivity index (χ3n) is 4.83. The standard InChI is InChI=1S/C21H16Cl3N5O3/c1-9-2-3-12(7-15(9)24)25-19(31)14-8-16(30)27-18-17(14)20(32)29-21(28-18)26-13-5-10(22)4-11(23)6-13/h2-7,14H,8H2,1H3,(H,25,31)(H3,26,27,28,29,30,32)/t14-/m0/s1. The molecule has 2 amide bonds. The number of hydrogen-bond acceptors (Lipinski definition) is 5. The first-order valence-corrected chi connectivity index (χ1v) is 10.6. The van der Waals surface area contributed by atoms with E-state index in [1.54, 1.807) is 36.4 Å². The second kappa shape index (κ2) is 8.82. The van der Waals surface area contributed by atoms with E-state index in [1.165, 1.54) is 0 Å². The predicted octanol–water partition coefficient (Wildman–Crippen LogP) is 4.85. The summed E-state index contributed by atoms with van der Waals surface area (Å²) in [4.78, 5) is 44.8. The van der Waals surface area contributed by atoms with Gasteiger partial charge in [-0.15, -0.1) is 0 Å². The number of nitrogens with zero attached hydrogens (tertiary/aromatic N) is 1. The van der Waals surface area contributed by atoms with E-state index in [0.29, 0.717) is 26.4 Å². The van der Waals surface area contributed by atoms with Crippen LogP contribution in [-0.2, 0) is 9.59 Å². The molecule has 2 aromatic carbocycles. The Labute approximate surface area is 197 Å². The van der Waals surface area contributed by atoms with Crippen LogP contribution in [0.2, 0.25) is 15.1 Å². The summed E-state index contributed by atoms with van der Waals surface area (Å²) in [5.74, 6) is -1.92. The Morgan fingerprint density at radius 1 is 1.06 bits per heavy atom. The van der Waals surface area contributed by atoms with Crippen LogP contribution >= 0.6 is 34.8 Å². The van der Waals surface area contributed by atoms with E-state index in [1.807, 2.05) is 6.92 Å². The number of H-pyrrole nitrogens is 1. The molecule has 0 saturated carbocycles. The number of fused-ring (bicyclic) bond motifs is 1. The first kappa shape index (κ1) is 22.1. The van der Waals surface area contributed by atoms with Gasteiger partial charge < -0.3 is 16.0 Å². The lowest BCUT2D eigenvalue weighted by atomic mass is 9.92. The van der Waals surface area contributed by atoms with Crippen LogP contribution in [-0.4, -0.2) is 21.8 Å². The van der Waals surface area contributed by atoms with Gasteiger partial charge in [0, 0.05) is 32.9 Å². The average molecular weight is 493 g/mol. The van der Waals surface area contributed by atoms with Gasteiger partial charge in [-0.2, -0.15) is 4.98 Å². The van der Waals surface area contributed by atoms with Crippen molar-refractivity contribution in [3.63, 3.8) is 0 Å². The Balaban J connectivity index is 1.64.